The molecule has 0 bridgehead atoms. The normalized spacial score (nSPS) is 18.7. The lowest BCUT2D eigenvalue weighted by molar-refractivity contribution is -0.129. The fraction of sp³-hybridized carbons (Fsp3) is 0.273. The molecule has 1 saturated heterocycles. The first-order chi connectivity index (χ1) is 14.5. The van der Waals surface area contributed by atoms with Gasteiger partial charge in [0.05, 0.1) is 49.1 Å². The van der Waals surface area contributed by atoms with E-state index in [0.29, 0.717) is 34.6 Å². The molecular weight excluding hydrogens is 422 g/mol. The monoisotopic (exact) mass is 441 g/mol. The van der Waals surface area contributed by atoms with Crippen LogP contribution in [0.15, 0.2) is 53.1 Å². The molecule has 2 aliphatic heterocycles. The first kappa shape index (κ1) is 20.5. The molecule has 0 N–H and O–H groups in total. The van der Waals surface area contributed by atoms with Crippen LogP contribution in [0.3, 0.4) is 0 Å². The van der Waals surface area contributed by atoms with Gasteiger partial charge in [-0.3, -0.25) is 9.69 Å². The Morgan fingerprint density at radius 1 is 1.17 bits per heavy atom. The average Bonchev–Trinajstić information content (AvgIpc) is 2.79. The number of nitriles is 1. The molecular formula is C22H20ClN3O3S. The number of hydrogen-bond acceptors (Lipinski definition) is 6. The van der Waals surface area contributed by atoms with Gasteiger partial charge in [0.15, 0.2) is 0 Å². The Bertz CT molecular complexity index is 1050. The molecule has 1 atom stereocenters. The molecule has 154 valence electrons. The zero-order valence-corrected chi connectivity index (χ0v) is 18.2. The number of rotatable bonds is 4. The van der Waals surface area contributed by atoms with Crippen molar-refractivity contribution in [3.8, 4) is 17.6 Å². The Morgan fingerprint density at radius 2 is 1.93 bits per heavy atom. The topological polar surface area (TPSA) is 65.8 Å². The van der Waals surface area contributed by atoms with Gasteiger partial charge in [0.25, 0.3) is 0 Å². The second-order valence-corrected chi connectivity index (χ2v) is 8.32. The van der Waals surface area contributed by atoms with Gasteiger partial charge in [0, 0.05) is 23.4 Å². The highest BCUT2D eigenvalue weighted by molar-refractivity contribution is 8.03. The van der Waals surface area contributed by atoms with Crippen molar-refractivity contribution in [2.75, 3.05) is 31.7 Å². The minimum absolute atomic E-state index is 0.00590. The van der Waals surface area contributed by atoms with Crippen LogP contribution in [0.4, 0.5) is 5.69 Å². The van der Waals surface area contributed by atoms with Gasteiger partial charge in [-0.05, 0) is 29.8 Å². The van der Waals surface area contributed by atoms with Crippen LogP contribution in [0, 0.1) is 11.3 Å². The summed E-state index contributed by atoms with van der Waals surface area (Å²) in [4.78, 5) is 16.8. The summed E-state index contributed by atoms with van der Waals surface area (Å²) in [6.45, 7) is 0.363. The number of methoxy groups -OCH3 is 2. The molecule has 0 unspecified atom stereocenters. The molecule has 0 aliphatic carbocycles. The summed E-state index contributed by atoms with van der Waals surface area (Å²) >= 11 is 7.49. The fourth-order valence-electron chi connectivity index (χ4n) is 3.74. The number of thioether (sulfide) groups is 1. The molecule has 30 heavy (non-hydrogen) atoms. The van der Waals surface area contributed by atoms with Gasteiger partial charge in [-0.25, -0.2) is 0 Å². The van der Waals surface area contributed by atoms with Crippen molar-refractivity contribution in [3.05, 3.63) is 63.7 Å². The second kappa shape index (κ2) is 8.50. The summed E-state index contributed by atoms with van der Waals surface area (Å²) in [7, 11) is 3.21. The number of halogens is 1. The lowest BCUT2D eigenvalue weighted by Gasteiger charge is -2.42. The Labute approximate surface area is 184 Å². The number of benzene rings is 2. The van der Waals surface area contributed by atoms with Crippen molar-refractivity contribution in [3.63, 3.8) is 0 Å². The minimum Gasteiger partial charge on any atom is -0.497 e. The molecule has 0 spiro atoms. The lowest BCUT2D eigenvalue weighted by Crippen LogP contribution is -2.47. The Kier molecular flexibility index (Phi) is 5.80. The quantitative estimate of drug-likeness (QED) is 0.692. The third-order valence-corrected chi connectivity index (χ3v) is 6.70. The van der Waals surface area contributed by atoms with E-state index < -0.39 is 0 Å². The van der Waals surface area contributed by atoms with Gasteiger partial charge in [0.1, 0.15) is 11.5 Å². The summed E-state index contributed by atoms with van der Waals surface area (Å²) in [6.07, 6.45) is 0.252. The number of allylic oxidation sites excluding steroid dienone is 1. The first-order valence-corrected chi connectivity index (χ1v) is 10.7. The summed E-state index contributed by atoms with van der Waals surface area (Å²) in [5, 5.41) is 11.3. The Hall–Kier alpha value is -2.82. The van der Waals surface area contributed by atoms with E-state index in [1.807, 2.05) is 30.3 Å². The third-order valence-electron chi connectivity index (χ3n) is 5.29. The second-order valence-electron chi connectivity index (χ2n) is 6.95. The van der Waals surface area contributed by atoms with E-state index >= 15 is 0 Å². The molecule has 2 heterocycles. The average molecular weight is 442 g/mol. The third kappa shape index (κ3) is 3.69. The van der Waals surface area contributed by atoms with E-state index in [2.05, 4.69) is 11.0 Å². The van der Waals surface area contributed by atoms with Gasteiger partial charge in [-0.1, -0.05) is 35.5 Å². The number of amides is 1. The van der Waals surface area contributed by atoms with Gasteiger partial charge >= 0.3 is 0 Å². The van der Waals surface area contributed by atoms with E-state index in [4.69, 9.17) is 21.1 Å². The predicted molar refractivity (Wildman–Crippen MR) is 118 cm³/mol. The summed E-state index contributed by atoms with van der Waals surface area (Å²) < 4.78 is 10.8. The molecule has 4 rings (SSSR count). The summed E-state index contributed by atoms with van der Waals surface area (Å²) in [5.41, 5.74) is 2.43. The minimum atomic E-state index is -0.249. The predicted octanol–water partition coefficient (Wildman–Crippen LogP) is 4.58. The molecule has 0 saturated carbocycles. The van der Waals surface area contributed by atoms with Gasteiger partial charge < -0.3 is 14.4 Å². The number of ether oxygens (including phenoxy) is 2. The SMILES string of the molecule is COc1ccc(N2CSC3=C(C#N)[C@@H](c4ccc(Cl)cc4)CC(=O)N3C2)c(OC)c1. The number of carbonyl (C=O) groups is 1. The van der Waals surface area contributed by atoms with Crippen LogP contribution in [0.1, 0.15) is 17.9 Å². The molecule has 2 aromatic rings. The maximum Gasteiger partial charge on any atom is 0.229 e. The summed E-state index contributed by atoms with van der Waals surface area (Å²) in [5.74, 6) is 1.72. The lowest BCUT2D eigenvalue weighted by atomic mass is 9.86. The molecule has 1 fully saturated rings. The number of fused-ring (bicyclic) bond motifs is 1. The smallest absolute Gasteiger partial charge is 0.229 e. The van der Waals surface area contributed by atoms with E-state index in [1.54, 1.807) is 31.3 Å². The highest BCUT2D eigenvalue weighted by atomic mass is 35.5. The standard InChI is InChI=1S/C22H20ClN3O3S/c1-28-16-7-8-19(20(9-16)29-2)25-12-26-21(27)10-17(14-3-5-15(23)6-4-14)18(11-24)22(26)30-13-25/h3-9,17H,10,12-13H2,1-2H3/t17-/m1/s1. The van der Waals surface area contributed by atoms with Crippen molar-refractivity contribution in [2.45, 2.75) is 12.3 Å². The van der Waals surface area contributed by atoms with Crippen LogP contribution in [0.25, 0.3) is 0 Å². The highest BCUT2D eigenvalue weighted by Crippen LogP contribution is 2.44. The van der Waals surface area contributed by atoms with Gasteiger partial charge in [0.2, 0.25) is 5.91 Å². The molecule has 0 aromatic heterocycles. The number of carbonyl (C=O) groups excluding carboxylic acids is 1. The van der Waals surface area contributed by atoms with Crippen molar-refractivity contribution in [2.24, 2.45) is 0 Å². The Balaban J connectivity index is 1.65. The largest absolute Gasteiger partial charge is 0.497 e. The van der Waals surface area contributed by atoms with Crippen molar-refractivity contribution < 1.29 is 14.3 Å². The van der Waals surface area contributed by atoms with Crippen LogP contribution >= 0.6 is 23.4 Å². The number of nitrogens with zero attached hydrogens (tertiary/aromatic N) is 3. The van der Waals surface area contributed by atoms with E-state index in [9.17, 15) is 10.1 Å². The van der Waals surface area contributed by atoms with Crippen molar-refractivity contribution >= 4 is 35.0 Å². The molecule has 1 amide bonds. The van der Waals surface area contributed by atoms with E-state index in [-0.39, 0.29) is 18.2 Å². The fourth-order valence-corrected chi connectivity index (χ4v) is 5.02. The number of hydrogen-bond donors (Lipinski definition) is 0. The zero-order chi connectivity index (χ0) is 21.3. The maximum absolute atomic E-state index is 13.0. The molecule has 6 nitrogen and oxygen atoms in total. The molecule has 2 aromatic carbocycles. The van der Waals surface area contributed by atoms with Crippen LogP contribution in [-0.2, 0) is 4.79 Å². The van der Waals surface area contributed by atoms with Gasteiger partial charge in [-0.15, -0.1) is 0 Å². The van der Waals surface area contributed by atoms with Crippen LogP contribution in [0.5, 0.6) is 11.5 Å². The maximum atomic E-state index is 13.0. The first-order valence-electron chi connectivity index (χ1n) is 9.35. The number of anilines is 1. The Morgan fingerprint density at radius 3 is 2.60 bits per heavy atom. The van der Waals surface area contributed by atoms with Crippen LogP contribution in [-0.4, -0.2) is 37.6 Å². The van der Waals surface area contributed by atoms with E-state index in [0.717, 1.165) is 16.3 Å². The van der Waals surface area contributed by atoms with Crippen molar-refractivity contribution in [1.82, 2.24) is 4.90 Å². The molecule has 8 heteroatoms. The highest BCUT2D eigenvalue weighted by Gasteiger charge is 2.38. The zero-order valence-electron chi connectivity index (χ0n) is 16.6. The van der Waals surface area contributed by atoms with Crippen molar-refractivity contribution in [1.29, 1.82) is 5.26 Å². The van der Waals surface area contributed by atoms with E-state index in [1.165, 1.54) is 11.8 Å². The molecule has 2 aliphatic rings. The van der Waals surface area contributed by atoms with Crippen LogP contribution in [0.2, 0.25) is 5.02 Å². The molecule has 0 radical (unpaired) electrons. The van der Waals surface area contributed by atoms with Crippen LogP contribution < -0.4 is 14.4 Å². The summed E-state index contributed by atoms with van der Waals surface area (Å²) in [6, 6.07) is 15.3. The van der Waals surface area contributed by atoms with Gasteiger partial charge in [-0.2, -0.15) is 5.26 Å².